The molecule has 0 atom stereocenters. The molecule has 31 heavy (non-hydrogen) atoms. The van der Waals surface area contributed by atoms with Crippen molar-refractivity contribution in [3.63, 3.8) is 0 Å². The first-order chi connectivity index (χ1) is 14.9. The van der Waals surface area contributed by atoms with Crippen LogP contribution in [0.25, 0.3) is 11.1 Å². The number of aryl methyl sites for hydroxylation is 2. The van der Waals surface area contributed by atoms with E-state index in [9.17, 15) is 13.2 Å². The first kappa shape index (κ1) is 20.5. The number of oxazole rings is 1. The predicted molar refractivity (Wildman–Crippen MR) is 116 cm³/mol. The van der Waals surface area contributed by atoms with Crippen LogP contribution in [0.5, 0.6) is 0 Å². The van der Waals surface area contributed by atoms with Gasteiger partial charge in [0, 0.05) is 24.5 Å². The quantitative estimate of drug-likeness (QED) is 0.315. The highest BCUT2D eigenvalue weighted by Gasteiger charge is 2.09. The van der Waals surface area contributed by atoms with Crippen molar-refractivity contribution in [3.8, 4) is 0 Å². The van der Waals surface area contributed by atoms with Crippen molar-refractivity contribution in [2.45, 2.75) is 13.5 Å². The van der Waals surface area contributed by atoms with Crippen LogP contribution in [0.15, 0.2) is 51.9 Å². The van der Waals surface area contributed by atoms with Crippen molar-refractivity contribution in [1.29, 1.82) is 0 Å². The first-order valence-corrected chi connectivity index (χ1v) is 10.4. The Hall–Kier alpha value is -3.77. The van der Waals surface area contributed by atoms with Gasteiger partial charge in [0.1, 0.15) is 5.82 Å². The molecule has 3 N–H and O–H groups in total. The second kappa shape index (κ2) is 8.53. The zero-order valence-electron chi connectivity index (χ0n) is 16.6. The zero-order chi connectivity index (χ0) is 22.0. The van der Waals surface area contributed by atoms with Crippen LogP contribution in [0.2, 0.25) is 0 Å². The van der Waals surface area contributed by atoms with Gasteiger partial charge in [-0.1, -0.05) is 0 Å². The van der Waals surface area contributed by atoms with Crippen molar-refractivity contribution in [2.75, 3.05) is 10.6 Å². The van der Waals surface area contributed by atoms with Gasteiger partial charge in [0.2, 0.25) is 16.8 Å². The summed E-state index contributed by atoms with van der Waals surface area (Å²) in [6.07, 6.45) is 3.25. The summed E-state index contributed by atoms with van der Waals surface area (Å²) < 4.78 is 30.1. The lowest BCUT2D eigenvalue weighted by Crippen LogP contribution is -2.11. The Morgan fingerprint density at radius 3 is 2.61 bits per heavy atom. The molecule has 0 radical (unpaired) electrons. The monoisotopic (exact) mass is 441 g/mol. The summed E-state index contributed by atoms with van der Waals surface area (Å²) in [5, 5.41) is 6.30. The molecule has 4 rings (SSSR count). The number of pyridine rings is 1. The molecule has 0 aliphatic rings. The maximum absolute atomic E-state index is 11.7. The van der Waals surface area contributed by atoms with Gasteiger partial charge in [-0.3, -0.25) is 9.55 Å². The molecule has 0 aliphatic carbocycles. The summed E-state index contributed by atoms with van der Waals surface area (Å²) in [7, 11) is -1.02. The molecule has 0 spiro atoms. The minimum atomic E-state index is -2.67. The topological polar surface area (TPSA) is 144 Å². The third kappa shape index (κ3) is 4.70. The van der Waals surface area contributed by atoms with Gasteiger partial charge in [-0.2, -0.15) is 4.98 Å². The third-order valence-corrected chi connectivity index (χ3v) is 4.91. The van der Waals surface area contributed by atoms with E-state index in [1.54, 1.807) is 49.8 Å². The third-order valence-electron chi connectivity index (χ3n) is 4.50. The van der Waals surface area contributed by atoms with Crippen molar-refractivity contribution in [1.82, 2.24) is 24.2 Å². The van der Waals surface area contributed by atoms with Crippen LogP contribution in [0, 0.1) is 6.92 Å². The maximum Gasteiger partial charge on any atom is 0.419 e. The van der Waals surface area contributed by atoms with E-state index in [1.807, 2.05) is 6.92 Å². The predicted octanol–water partition coefficient (Wildman–Crippen LogP) is 1.73. The van der Waals surface area contributed by atoms with E-state index >= 15 is 0 Å². The number of hydrogen-bond donors (Lipinski definition) is 4. The molecule has 12 heteroatoms. The summed E-state index contributed by atoms with van der Waals surface area (Å²) >= 11 is 0. The summed E-state index contributed by atoms with van der Waals surface area (Å²) in [4.78, 5) is 24.7. The van der Waals surface area contributed by atoms with E-state index in [-0.39, 0.29) is 6.54 Å². The highest BCUT2D eigenvalue weighted by Crippen LogP contribution is 2.23. The van der Waals surface area contributed by atoms with Gasteiger partial charge in [0.15, 0.2) is 5.58 Å². The van der Waals surface area contributed by atoms with Gasteiger partial charge in [0.05, 0.1) is 29.6 Å². The maximum atomic E-state index is 11.7. The molecule has 0 bridgehead atoms. The number of nitrogens with zero attached hydrogens (tertiary/aromatic N) is 4. The van der Waals surface area contributed by atoms with Crippen molar-refractivity contribution < 1.29 is 12.8 Å². The lowest BCUT2D eigenvalue weighted by atomic mass is 10.2. The number of rotatable bonds is 7. The Morgan fingerprint density at radius 1 is 1.06 bits per heavy atom. The number of thiol groups is 1. The fraction of sp³-hybridized carbons (Fsp3) is 0.158. The van der Waals surface area contributed by atoms with E-state index in [1.165, 1.54) is 4.57 Å². The summed E-state index contributed by atoms with van der Waals surface area (Å²) in [6.45, 7) is 2.00. The van der Waals surface area contributed by atoms with Crippen LogP contribution in [-0.4, -0.2) is 27.9 Å². The van der Waals surface area contributed by atoms with Crippen molar-refractivity contribution in [3.05, 3.63) is 64.5 Å². The molecule has 160 valence electrons. The average molecular weight is 441 g/mol. The van der Waals surface area contributed by atoms with Crippen LogP contribution in [0.4, 0.5) is 23.1 Å². The molecule has 11 nitrogen and oxygen atoms in total. The summed E-state index contributed by atoms with van der Waals surface area (Å²) in [6, 6.07) is 8.78. The second-order valence-corrected chi connectivity index (χ2v) is 7.55. The Kier molecular flexibility index (Phi) is 5.64. The molecule has 0 aliphatic heterocycles. The number of nitrogens with one attached hydrogen (secondary N) is 3. The van der Waals surface area contributed by atoms with Crippen LogP contribution < -0.4 is 21.1 Å². The van der Waals surface area contributed by atoms with Gasteiger partial charge >= 0.3 is 5.76 Å². The van der Waals surface area contributed by atoms with E-state index in [0.29, 0.717) is 34.2 Å². The SMILES string of the molecule is Cc1cnc(Nc2ccc(CN[SH](=O)=O)nc2)nc1Nc1ccc2oc(=O)n(C)c2c1. The molecular weight excluding hydrogens is 422 g/mol. The van der Waals surface area contributed by atoms with Gasteiger partial charge < -0.3 is 15.1 Å². The van der Waals surface area contributed by atoms with Crippen LogP contribution in [0.1, 0.15) is 11.3 Å². The molecule has 0 unspecified atom stereocenters. The normalized spacial score (nSPS) is 11.2. The first-order valence-electron chi connectivity index (χ1n) is 9.19. The molecule has 0 saturated heterocycles. The van der Waals surface area contributed by atoms with Gasteiger partial charge in [-0.25, -0.2) is 22.9 Å². The minimum Gasteiger partial charge on any atom is -0.408 e. The molecule has 1 aromatic carbocycles. The van der Waals surface area contributed by atoms with Crippen LogP contribution in [0.3, 0.4) is 0 Å². The highest BCUT2D eigenvalue weighted by molar-refractivity contribution is 7.70. The Morgan fingerprint density at radius 2 is 1.87 bits per heavy atom. The molecule has 0 fully saturated rings. The van der Waals surface area contributed by atoms with E-state index < -0.39 is 16.6 Å². The number of fused-ring (bicyclic) bond motifs is 1. The van der Waals surface area contributed by atoms with Crippen LogP contribution >= 0.6 is 0 Å². The lowest BCUT2D eigenvalue weighted by molar-refractivity contribution is 0.528. The largest absolute Gasteiger partial charge is 0.419 e. The fourth-order valence-electron chi connectivity index (χ4n) is 2.85. The van der Waals surface area contributed by atoms with Crippen molar-refractivity contribution in [2.24, 2.45) is 7.05 Å². The number of anilines is 4. The lowest BCUT2D eigenvalue weighted by Gasteiger charge is -2.11. The fourth-order valence-corrected chi connectivity index (χ4v) is 3.14. The Balaban J connectivity index is 1.52. The number of benzene rings is 1. The highest BCUT2D eigenvalue weighted by atomic mass is 32.2. The van der Waals surface area contributed by atoms with E-state index in [4.69, 9.17) is 4.42 Å². The van der Waals surface area contributed by atoms with E-state index in [0.717, 1.165) is 11.3 Å². The summed E-state index contributed by atoms with van der Waals surface area (Å²) in [5.41, 5.74) is 3.99. The van der Waals surface area contributed by atoms with Gasteiger partial charge in [0.25, 0.3) is 0 Å². The molecule has 0 amide bonds. The Bertz CT molecular complexity index is 1370. The Labute approximate surface area is 178 Å². The molecule has 4 aromatic rings. The molecule has 3 aromatic heterocycles. The second-order valence-electron chi connectivity index (χ2n) is 6.71. The minimum absolute atomic E-state index is 0.126. The molecule has 3 heterocycles. The van der Waals surface area contributed by atoms with Crippen LogP contribution in [-0.2, 0) is 24.5 Å². The smallest absolute Gasteiger partial charge is 0.408 e. The standard InChI is InChI=1S/C19H19N7O4S/c1-11-8-21-18(24-14-4-3-13(20-9-14)10-22-31(28)29)25-17(11)23-12-5-6-16-15(7-12)26(2)19(27)30-16/h3-9,31H,10H2,1-2H3,(H,22,28,29)(H2,21,23,24,25). The molecular formula is C19H19N7O4S. The van der Waals surface area contributed by atoms with E-state index in [2.05, 4.69) is 30.3 Å². The number of hydrogen-bond acceptors (Lipinski definition) is 9. The zero-order valence-corrected chi connectivity index (χ0v) is 17.5. The van der Waals surface area contributed by atoms with Crippen molar-refractivity contribution >= 4 is 45.1 Å². The summed E-state index contributed by atoms with van der Waals surface area (Å²) in [5.74, 6) is 0.535. The molecule has 0 saturated carbocycles. The average Bonchev–Trinajstić information content (AvgIpc) is 3.03. The van der Waals surface area contributed by atoms with Gasteiger partial charge in [-0.15, -0.1) is 0 Å². The number of aromatic nitrogens is 4. The van der Waals surface area contributed by atoms with Gasteiger partial charge in [-0.05, 0) is 37.3 Å².